The Hall–Kier alpha value is -2.33. The van der Waals surface area contributed by atoms with Crippen LogP contribution in [0.25, 0.3) is 22.7 Å². The third-order valence-corrected chi connectivity index (χ3v) is 5.79. The van der Waals surface area contributed by atoms with Gasteiger partial charge in [0, 0.05) is 12.1 Å². The molecule has 0 unspecified atom stereocenters. The first-order valence-corrected chi connectivity index (χ1v) is 9.21. The number of benzene rings is 1. The van der Waals surface area contributed by atoms with Crippen molar-refractivity contribution < 1.29 is 4.42 Å². The molecule has 3 aromatic rings. The van der Waals surface area contributed by atoms with E-state index in [9.17, 15) is 0 Å². The van der Waals surface area contributed by atoms with Gasteiger partial charge in [0.2, 0.25) is 0 Å². The van der Waals surface area contributed by atoms with E-state index < -0.39 is 0 Å². The molecule has 1 aromatic carbocycles. The monoisotopic (exact) mass is 333 g/mol. The summed E-state index contributed by atoms with van der Waals surface area (Å²) in [6.07, 6.45) is 4.61. The second kappa shape index (κ2) is 5.88. The maximum absolute atomic E-state index is 6.03. The summed E-state index contributed by atoms with van der Waals surface area (Å²) >= 11 is 0. The zero-order valence-electron chi connectivity index (χ0n) is 14.6. The fourth-order valence-corrected chi connectivity index (χ4v) is 4.47. The maximum Gasteiger partial charge on any atom is 0.152 e. The van der Waals surface area contributed by atoms with Gasteiger partial charge in [-0.1, -0.05) is 30.3 Å². The molecule has 0 radical (unpaired) electrons. The van der Waals surface area contributed by atoms with Crippen molar-refractivity contribution in [1.29, 1.82) is 0 Å². The molecule has 128 valence electrons. The van der Waals surface area contributed by atoms with Gasteiger partial charge in [-0.3, -0.25) is 0 Å². The molecular formula is C21H23N3O. The topological polar surface area (TPSA) is 34.2 Å². The second-order valence-corrected chi connectivity index (χ2v) is 7.33. The van der Waals surface area contributed by atoms with Crippen molar-refractivity contribution in [3.63, 3.8) is 0 Å². The van der Waals surface area contributed by atoms with Crippen LogP contribution in [-0.4, -0.2) is 34.1 Å². The summed E-state index contributed by atoms with van der Waals surface area (Å²) in [5, 5.41) is 0. The van der Waals surface area contributed by atoms with E-state index in [-0.39, 0.29) is 0 Å². The van der Waals surface area contributed by atoms with Crippen molar-refractivity contribution in [2.45, 2.75) is 25.8 Å². The van der Waals surface area contributed by atoms with E-state index in [4.69, 9.17) is 9.40 Å². The van der Waals surface area contributed by atoms with Crippen LogP contribution in [0.1, 0.15) is 24.6 Å². The van der Waals surface area contributed by atoms with Gasteiger partial charge in [-0.25, -0.2) is 4.98 Å². The van der Waals surface area contributed by atoms with Crippen molar-refractivity contribution in [1.82, 2.24) is 14.5 Å². The van der Waals surface area contributed by atoms with Crippen LogP contribution >= 0.6 is 0 Å². The van der Waals surface area contributed by atoms with Crippen molar-refractivity contribution in [2.24, 2.45) is 5.92 Å². The van der Waals surface area contributed by atoms with Gasteiger partial charge < -0.3 is 13.9 Å². The Kier molecular flexibility index (Phi) is 3.52. The Morgan fingerprint density at radius 1 is 1.04 bits per heavy atom. The molecule has 1 atom stereocenters. The average Bonchev–Trinajstić information content (AvgIpc) is 3.29. The molecule has 3 fully saturated rings. The van der Waals surface area contributed by atoms with Crippen molar-refractivity contribution >= 4 is 0 Å². The minimum atomic E-state index is 0.493. The smallest absolute Gasteiger partial charge is 0.152 e. The van der Waals surface area contributed by atoms with Gasteiger partial charge in [-0.2, -0.15) is 0 Å². The van der Waals surface area contributed by atoms with Crippen LogP contribution in [0.5, 0.6) is 0 Å². The van der Waals surface area contributed by atoms with E-state index in [1.807, 2.05) is 25.4 Å². The Balaban J connectivity index is 1.65. The van der Waals surface area contributed by atoms with Crippen LogP contribution in [0.3, 0.4) is 0 Å². The maximum atomic E-state index is 6.03. The van der Waals surface area contributed by atoms with Crippen molar-refractivity contribution in [2.75, 3.05) is 19.6 Å². The third kappa shape index (κ3) is 2.52. The summed E-state index contributed by atoms with van der Waals surface area (Å²) in [7, 11) is 0. The molecule has 0 aliphatic carbocycles. The SMILES string of the molecule is Cc1ccc(-c2c(-c3ccccc3)ncn2[C@@H]2CN3CCC2CC3)o1. The number of hydrogen-bond donors (Lipinski definition) is 0. The standard InChI is InChI=1S/C21H23N3O/c1-15-7-8-19(25-15)21-20(17-5-3-2-4-6-17)22-14-24(21)18-13-23-11-9-16(18)10-12-23/h2-8,14,16,18H,9-13H2,1H3/t18-/m1/s1. The third-order valence-electron chi connectivity index (χ3n) is 5.79. The summed E-state index contributed by atoms with van der Waals surface area (Å²) in [5.74, 6) is 2.61. The highest BCUT2D eigenvalue weighted by atomic mass is 16.3. The van der Waals surface area contributed by atoms with Crippen LogP contribution in [0, 0.1) is 12.8 Å². The molecule has 0 amide bonds. The van der Waals surface area contributed by atoms with Gasteiger partial charge in [-0.05, 0) is 50.9 Å². The number of piperidine rings is 3. The summed E-state index contributed by atoms with van der Waals surface area (Å²) in [5.41, 5.74) is 3.29. The number of fused-ring (bicyclic) bond motifs is 3. The van der Waals surface area contributed by atoms with Gasteiger partial charge in [0.05, 0.1) is 18.1 Å². The molecule has 3 saturated heterocycles. The molecule has 6 rings (SSSR count). The van der Waals surface area contributed by atoms with Crippen molar-refractivity contribution in [3.05, 3.63) is 54.6 Å². The summed E-state index contributed by atoms with van der Waals surface area (Å²) < 4.78 is 8.41. The summed E-state index contributed by atoms with van der Waals surface area (Å²) in [6, 6.07) is 15.1. The van der Waals surface area contributed by atoms with E-state index >= 15 is 0 Å². The lowest BCUT2D eigenvalue weighted by atomic mass is 9.83. The quantitative estimate of drug-likeness (QED) is 0.713. The number of aryl methyl sites for hydroxylation is 1. The molecule has 3 aliphatic rings. The fraction of sp³-hybridized carbons (Fsp3) is 0.381. The molecule has 4 heteroatoms. The molecule has 4 nitrogen and oxygen atoms in total. The summed E-state index contributed by atoms with van der Waals surface area (Å²) in [4.78, 5) is 7.40. The lowest BCUT2D eigenvalue weighted by molar-refractivity contribution is 0.0576. The van der Waals surface area contributed by atoms with Crippen LogP contribution in [0.15, 0.2) is 53.2 Å². The zero-order chi connectivity index (χ0) is 16.8. The number of hydrogen-bond acceptors (Lipinski definition) is 3. The Bertz CT molecular complexity index is 872. The predicted octanol–water partition coefficient (Wildman–Crippen LogP) is 4.39. The Labute approximate surface area is 148 Å². The highest BCUT2D eigenvalue weighted by molar-refractivity contribution is 5.76. The van der Waals surface area contributed by atoms with Gasteiger partial charge >= 0.3 is 0 Å². The van der Waals surface area contributed by atoms with Gasteiger partial charge in [0.25, 0.3) is 0 Å². The molecule has 0 saturated carbocycles. The second-order valence-electron chi connectivity index (χ2n) is 7.33. The van der Waals surface area contributed by atoms with E-state index in [1.54, 1.807) is 0 Å². The van der Waals surface area contributed by atoms with Gasteiger partial charge in [0.1, 0.15) is 11.5 Å². The minimum Gasteiger partial charge on any atom is -0.460 e. The average molecular weight is 333 g/mol. The zero-order valence-corrected chi connectivity index (χ0v) is 14.6. The molecule has 2 aromatic heterocycles. The molecule has 0 spiro atoms. The van der Waals surface area contributed by atoms with E-state index in [1.165, 1.54) is 25.9 Å². The van der Waals surface area contributed by atoms with Crippen LogP contribution in [0.2, 0.25) is 0 Å². The van der Waals surface area contributed by atoms with Gasteiger partial charge in [0.15, 0.2) is 5.76 Å². The van der Waals surface area contributed by atoms with Crippen LogP contribution in [-0.2, 0) is 0 Å². The van der Waals surface area contributed by atoms with Gasteiger partial charge in [-0.15, -0.1) is 0 Å². The number of rotatable bonds is 3. The number of aromatic nitrogens is 2. The number of imidazole rings is 1. The highest BCUT2D eigenvalue weighted by Gasteiger charge is 2.37. The molecule has 0 N–H and O–H groups in total. The van der Waals surface area contributed by atoms with E-state index in [0.717, 1.165) is 40.9 Å². The minimum absolute atomic E-state index is 0.493. The first-order valence-electron chi connectivity index (χ1n) is 9.21. The van der Waals surface area contributed by atoms with Crippen LogP contribution < -0.4 is 0 Å². The van der Waals surface area contributed by atoms with E-state index in [0.29, 0.717) is 6.04 Å². The molecule has 25 heavy (non-hydrogen) atoms. The number of furan rings is 1. The Morgan fingerprint density at radius 3 is 2.48 bits per heavy atom. The Morgan fingerprint density at radius 2 is 1.84 bits per heavy atom. The summed E-state index contributed by atoms with van der Waals surface area (Å²) in [6.45, 7) is 5.62. The molecule has 2 bridgehead atoms. The lowest BCUT2D eigenvalue weighted by Gasteiger charge is -2.45. The molecular weight excluding hydrogens is 310 g/mol. The number of nitrogens with zero attached hydrogens (tertiary/aromatic N) is 3. The van der Waals surface area contributed by atoms with Crippen LogP contribution in [0.4, 0.5) is 0 Å². The predicted molar refractivity (Wildman–Crippen MR) is 98.3 cm³/mol. The van der Waals surface area contributed by atoms with Crippen molar-refractivity contribution in [3.8, 4) is 22.7 Å². The lowest BCUT2D eigenvalue weighted by Crippen LogP contribution is -2.48. The largest absolute Gasteiger partial charge is 0.460 e. The normalized spacial score (nSPS) is 25.4. The first kappa shape index (κ1) is 15.0. The first-order chi connectivity index (χ1) is 12.3. The molecule has 5 heterocycles. The highest BCUT2D eigenvalue weighted by Crippen LogP contribution is 2.41. The fourth-order valence-electron chi connectivity index (χ4n) is 4.47. The van der Waals surface area contributed by atoms with E-state index in [2.05, 4.69) is 39.8 Å². The molecule has 3 aliphatic heterocycles.